The van der Waals surface area contributed by atoms with Crippen LogP contribution >= 0.6 is 0 Å². The average molecular weight is 433 g/mol. The van der Waals surface area contributed by atoms with Crippen LogP contribution in [0.4, 0.5) is 0 Å². The molecule has 0 aromatic heterocycles. The Labute approximate surface area is 195 Å². The summed E-state index contributed by atoms with van der Waals surface area (Å²) in [5, 5.41) is 0. The van der Waals surface area contributed by atoms with E-state index in [1.807, 2.05) is 60.7 Å². The number of hydrogen-bond donors (Lipinski definition) is 0. The highest BCUT2D eigenvalue weighted by atomic mass is 16.5. The van der Waals surface area contributed by atoms with Gasteiger partial charge in [0.25, 0.3) is 0 Å². The number of carbonyl (C=O) groups excluding carboxylic acids is 1. The number of carbonyl (C=O) groups is 1. The first-order valence-electron chi connectivity index (χ1n) is 11.9. The van der Waals surface area contributed by atoms with Gasteiger partial charge in [-0.3, -0.25) is 4.79 Å². The molecule has 33 heavy (non-hydrogen) atoms. The highest BCUT2D eigenvalue weighted by Crippen LogP contribution is 2.67. The molecule has 2 atom stereocenters. The highest BCUT2D eigenvalue weighted by molar-refractivity contribution is 5.95. The Morgan fingerprint density at radius 2 is 1.58 bits per heavy atom. The number of hydrogen-bond acceptors (Lipinski definition) is 2. The van der Waals surface area contributed by atoms with Crippen molar-refractivity contribution in [1.82, 2.24) is 0 Å². The molecule has 4 aliphatic carbocycles. The van der Waals surface area contributed by atoms with Crippen LogP contribution in [0.2, 0.25) is 0 Å². The zero-order valence-corrected chi connectivity index (χ0v) is 19.3. The summed E-state index contributed by atoms with van der Waals surface area (Å²) < 4.78 is 6.52. The first-order chi connectivity index (χ1) is 16.0. The molecule has 0 radical (unpaired) electrons. The van der Waals surface area contributed by atoms with E-state index in [2.05, 4.69) is 45.1 Å². The summed E-state index contributed by atoms with van der Waals surface area (Å²) in [5.74, 6) is 0.431. The molecule has 4 bridgehead atoms. The number of esters is 1. The van der Waals surface area contributed by atoms with E-state index in [0.717, 1.165) is 17.5 Å². The van der Waals surface area contributed by atoms with Crippen molar-refractivity contribution < 1.29 is 9.53 Å². The third kappa shape index (κ3) is 2.76. The van der Waals surface area contributed by atoms with Crippen molar-refractivity contribution in [2.75, 3.05) is 0 Å². The zero-order chi connectivity index (χ0) is 22.7. The zero-order valence-electron chi connectivity index (χ0n) is 19.3. The second-order valence-electron chi connectivity index (χ2n) is 9.87. The normalized spacial score (nSPS) is 24.6. The molecule has 1 saturated carbocycles. The van der Waals surface area contributed by atoms with E-state index in [9.17, 15) is 4.79 Å². The smallest absolute Gasteiger partial charge is 0.325 e. The largest absolute Gasteiger partial charge is 0.451 e. The molecule has 0 amide bonds. The predicted molar refractivity (Wildman–Crippen MR) is 131 cm³/mol. The standard InChI is InChI=1S/C31H28O2/c1-19(2)26-16-23-17-28-24-15-14-20(3)25(24)18-27(23)31(26,28)30(32)33-29(21-10-6-4-7-11-21)22-12-8-5-9-13-22/h4-16,18-19,23,29H,17H2,1-3H3. The van der Waals surface area contributed by atoms with Crippen molar-refractivity contribution in [3.05, 3.63) is 130 Å². The predicted octanol–water partition coefficient (Wildman–Crippen LogP) is 7.04. The molecule has 1 fully saturated rings. The van der Waals surface area contributed by atoms with E-state index in [0.29, 0.717) is 5.92 Å². The maximum absolute atomic E-state index is 14.4. The lowest BCUT2D eigenvalue weighted by Gasteiger charge is -2.38. The molecular weight excluding hydrogens is 404 g/mol. The van der Waals surface area contributed by atoms with Crippen molar-refractivity contribution in [2.45, 2.75) is 33.3 Å². The maximum Gasteiger partial charge on any atom is 0.325 e. The van der Waals surface area contributed by atoms with E-state index < -0.39 is 11.5 Å². The van der Waals surface area contributed by atoms with Gasteiger partial charge in [-0.15, -0.1) is 0 Å². The minimum Gasteiger partial charge on any atom is -0.451 e. The first kappa shape index (κ1) is 20.2. The van der Waals surface area contributed by atoms with Gasteiger partial charge in [-0.25, -0.2) is 0 Å². The Bertz CT molecular complexity index is 1260. The lowest BCUT2D eigenvalue weighted by atomic mass is 9.66. The Morgan fingerprint density at radius 3 is 2.18 bits per heavy atom. The lowest BCUT2D eigenvalue weighted by Crippen LogP contribution is -2.38. The summed E-state index contributed by atoms with van der Waals surface area (Å²) in [5.41, 5.74) is 8.68. The molecule has 4 aliphatic rings. The Balaban J connectivity index is 1.49. The molecule has 0 spiro atoms. The Morgan fingerprint density at radius 1 is 0.939 bits per heavy atom. The van der Waals surface area contributed by atoms with Gasteiger partial charge in [0.2, 0.25) is 0 Å². The SMILES string of the molecule is CC1=C2C=C3C4C=C(C(C)C)C3(C(=O)OC(c3ccccc3)c3ccccc3)C(=C2C=C1)C4. The third-order valence-electron chi connectivity index (χ3n) is 7.72. The van der Waals surface area contributed by atoms with Gasteiger partial charge in [-0.2, -0.15) is 0 Å². The summed E-state index contributed by atoms with van der Waals surface area (Å²) in [6, 6.07) is 20.2. The van der Waals surface area contributed by atoms with E-state index in [4.69, 9.17) is 4.74 Å². The van der Waals surface area contributed by atoms with Crippen LogP contribution in [0.15, 0.2) is 118 Å². The fourth-order valence-electron chi connectivity index (χ4n) is 6.27. The topological polar surface area (TPSA) is 26.3 Å². The van der Waals surface area contributed by atoms with Gasteiger partial charge < -0.3 is 4.74 Å². The van der Waals surface area contributed by atoms with Crippen LogP contribution < -0.4 is 0 Å². The van der Waals surface area contributed by atoms with Crippen LogP contribution in [-0.4, -0.2) is 5.97 Å². The molecule has 6 rings (SSSR count). The van der Waals surface area contributed by atoms with Crippen molar-refractivity contribution in [3.63, 3.8) is 0 Å². The van der Waals surface area contributed by atoms with E-state index in [1.54, 1.807) is 0 Å². The number of ether oxygens (including phenoxy) is 1. The van der Waals surface area contributed by atoms with Gasteiger partial charge in [0.05, 0.1) is 0 Å². The molecule has 164 valence electrons. The molecule has 2 aromatic carbocycles. The summed E-state index contributed by atoms with van der Waals surface area (Å²) in [7, 11) is 0. The molecule has 0 saturated heterocycles. The third-order valence-corrected chi connectivity index (χ3v) is 7.72. The van der Waals surface area contributed by atoms with E-state index in [-0.39, 0.29) is 11.9 Å². The van der Waals surface area contributed by atoms with Crippen molar-refractivity contribution >= 4 is 5.97 Å². The molecule has 0 heterocycles. The summed E-state index contributed by atoms with van der Waals surface area (Å²) in [4.78, 5) is 14.4. The van der Waals surface area contributed by atoms with Gasteiger partial charge in [-0.05, 0) is 63.8 Å². The van der Waals surface area contributed by atoms with Crippen molar-refractivity contribution in [2.24, 2.45) is 17.3 Å². The van der Waals surface area contributed by atoms with Crippen LogP contribution in [-0.2, 0) is 9.53 Å². The summed E-state index contributed by atoms with van der Waals surface area (Å²) in [6.07, 6.45) is 9.49. The van der Waals surface area contributed by atoms with Gasteiger partial charge in [0, 0.05) is 5.92 Å². The van der Waals surface area contributed by atoms with Crippen LogP contribution in [0.3, 0.4) is 0 Å². The van der Waals surface area contributed by atoms with Gasteiger partial charge in [-0.1, -0.05) is 98.8 Å². The maximum atomic E-state index is 14.4. The molecule has 2 nitrogen and oxygen atoms in total. The van der Waals surface area contributed by atoms with Crippen LogP contribution in [0.5, 0.6) is 0 Å². The molecule has 0 aliphatic heterocycles. The summed E-state index contributed by atoms with van der Waals surface area (Å²) in [6.45, 7) is 6.55. The monoisotopic (exact) mass is 432 g/mol. The van der Waals surface area contributed by atoms with Crippen LogP contribution in [0, 0.1) is 17.3 Å². The molecular formula is C31H28O2. The molecule has 2 unspecified atom stereocenters. The van der Waals surface area contributed by atoms with Gasteiger partial charge in [0.1, 0.15) is 5.41 Å². The second-order valence-corrected chi connectivity index (χ2v) is 9.87. The van der Waals surface area contributed by atoms with Crippen LogP contribution in [0.25, 0.3) is 0 Å². The van der Waals surface area contributed by atoms with E-state index >= 15 is 0 Å². The fraction of sp³-hybridized carbons (Fsp3) is 0.258. The summed E-state index contributed by atoms with van der Waals surface area (Å²) >= 11 is 0. The lowest BCUT2D eigenvalue weighted by molar-refractivity contribution is -0.153. The van der Waals surface area contributed by atoms with Gasteiger partial charge in [0.15, 0.2) is 6.10 Å². The van der Waals surface area contributed by atoms with Gasteiger partial charge >= 0.3 is 5.97 Å². The molecule has 2 heteroatoms. The van der Waals surface area contributed by atoms with Crippen molar-refractivity contribution in [1.29, 1.82) is 0 Å². The minimum absolute atomic E-state index is 0.133. The number of fused-ring (bicyclic) bond motifs is 1. The second kappa shape index (κ2) is 7.31. The first-order valence-corrected chi connectivity index (χ1v) is 11.9. The average Bonchev–Trinajstić information content (AvgIpc) is 3.44. The van der Waals surface area contributed by atoms with E-state index in [1.165, 1.54) is 33.4 Å². The van der Waals surface area contributed by atoms with Crippen molar-refractivity contribution in [3.8, 4) is 0 Å². The molecule has 2 aromatic rings. The number of rotatable bonds is 5. The highest BCUT2D eigenvalue weighted by Gasteiger charge is 2.63. The van der Waals surface area contributed by atoms with Crippen LogP contribution in [0.1, 0.15) is 44.4 Å². The minimum atomic E-state index is -0.756. The Hall–Kier alpha value is -3.39. The molecule has 0 N–H and O–H groups in total. The number of allylic oxidation sites excluding steroid dienone is 7. The quantitative estimate of drug-likeness (QED) is 0.374. The number of benzene rings is 2. The fourth-order valence-corrected chi connectivity index (χ4v) is 6.27. The Kier molecular flexibility index (Phi) is 4.48.